The quantitative estimate of drug-likeness (QED) is 0.768. The van der Waals surface area contributed by atoms with Gasteiger partial charge in [-0.15, -0.1) is 0 Å². The molecule has 0 aliphatic heterocycles. The number of nitrogens with zero attached hydrogens (tertiary/aromatic N) is 2. The van der Waals surface area contributed by atoms with Crippen molar-refractivity contribution < 1.29 is 9.15 Å². The van der Waals surface area contributed by atoms with Crippen molar-refractivity contribution in [2.45, 2.75) is 13.5 Å². The van der Waals surface area contributed by atoms with Gasteiger partial charge >= 0.3 is 5.69 Å². The number of nitrogens with one attached hydrogen (secondary N) is 1. The summed E-state index contributed by atoms with van der Waals surface area (Å²) >= 11 is 0. The first-order valence-electron chi connectivity index (χ1n) is 5.55. The van der Waals surface area contributed by atoms with Crippen LogP contribution in [-0.4, -0.2) is 28.0 Å². The molecule has 1 N–H and O–H groups in total. The van der Waals surface area contributed by atoms with Gasteiger partial charge in [0.2, 0.25) is 0 Å². The number of aromatic nitrogens is 3. The van der Waals surface area contributed by atoms with Crippen LogP contribution < -0.4 is 11.2 Å². The zero-order valence-electron chi connectivity index (χ0n) is 9.88. The summed E-state index contributed by atoms with van der Waals surface area (Å²) in [5.74, 6) is 0.321. The van der Waals surface area contributed by atoms with Gasteiger partial charge in [0.25, 0.3) is 5.56 Å². The lowest BCUT2D eigenvalue weighted by molar-refractivity contribution is 0.134. The second-order valence-corrected chi connectivity index (χ2v) is 3.51. The molecule has 0 atom stereocenters. The summed E-state index contributed by atoms with van der Waals surface area (Å²) in [5, 5.41) is 3.97. The minimum absolute atomic E-state index is 0.0797. The van der Waals surface area contributed by atoms with Crippen LogP contribution in [0.5, 0.6) is 0 Å². The lowest BCUT2D eigenvalue weighted by Crippen LogP contribution is -2.34. The van der Waals surface area contributed by atoms with Crippen LogP contribution >= 0.6 is 0 Å². The molecule has 7 heteroatoms. The molecule has 0 aliphatic rings. The molecule has 0 fully saturated rings. The van der Waals surface area contributed by atoms with E-state index in [4.69, 9.17) is 9.15 Å². The summed E-state index contributed by atoms with van der Waals surface area (Å²) in [7, 11) is 0. The average molecular weight is 251 g/mol. The van der Waals surface area contributed by atoms with Gasteiger partial charge in [-0.2, -0.15) is 5.10 Å². The van der Waals surface area contributed by atoms with Crippen molar-refractivity contribution in [3.05, 3.63) is 39.2 Å². The number of hydrogen-bond donors (Lipinski definition) is 1. The van der Waals surface area contributed by atoms with E-state index in [-0.39, 0.29) is 12.2 Å². The van der Waals surface area contributed by atoms with Crippen LogP contribution in [-0.2, 0) is 11.3 Å². The van der Waals surface area contributed by atoms with Crippen molar-refractivity contribution in [3.8, 4) is 11.5 Å². The fourth-order valence-corrected chi connectivity index (χ4v) is 1.45. The lowest BCUT2D eigenvalue weighted by Gasteiger charge is -2.04. The van der Waals surface area contributed by atoms with Gasteiger partial charge in [-0.1, -0.05) is 0 Å². The zero-order chi connectivity index (χ0) is 13.0. The minimum Gasteiger partial charge on any atom is -0.462 e. The summed E-state index contributed by atoms with van der Waals surface area (Å²) < 4.78 is 11.4. The van der Waals surface area contributed by atoms with Gasteiger partial charge < -0.3 is 9.15 Å². The van der Waals surface area contributed by atoms with Crippen LogP contribution in [0, 0.1) is 0 Å². The summed E-state index contributed by atoms with van der Waals surface area (Å²) in [6.07, 6.45) is 1.44. The van der Waals surface area contributed by atoms with Crippen molar-refractivity contribution >= 4 is 0 Å². The molecule has 0 spiro atoms. The van der Waals surface area contributed by atoms with E-state index < -0.39 is 11.2 Å². The Balaban J connectivity index is 2.34. The average Bonchev–Trinajstić information content (AvgIpc) is 2.85. The van der Waals surface area contributed by atoms with E-state index in [9.17, 15) is 9.59 Å². The molecule has 7 nitrogen and oxygen atoms in total. The first-order chi connectivity index (χ1) is 8.72. The molecule has 0 unspecified atom stereocenters. The van der Waals surface area contributed by atoms with Gasteiger partial charge in [-0.05, 0) is 19.1 Å². The summed E-state index contributed by atoms with van der Waals surface area (Å²) in [5.41, 5.74) is -1.05. The highest BCUT2D eigenvalue weighted by molar-refractivity contribution is 5.48. The molecule has 2 rings (SSSR count). The lowest BCUT2D eigenvalue weighted by atomic mass is 10.3. The van der Waals surface area contributed by atoms with E-state index in [1.54, 1.807) is 12.1 Å². The van der Waals surface area contributed by atoms with Crippen LogP contribution in [0.3, 0.4) is 0 Å². The van der Waals surface area contributed by atoms with Gasteiger partial charge in [-0.3, -0.25) is 9.78 Å². The predicted molar refractivity (Wildman–Crippen MR) is 63.3 cm³/mol. The van der Waals surface area contributed by atoms with Gasteiger partial charge in [-0.25, -0.2) is 9.48 Å². The minimum atomic E-state index is -0.567. The second kappa shape index (κ2) is 5.46. The highest BCUT2D eigenvalue weighted by Gasteiger charge is 2.11. The number of aromatic amines is 1. The van der Waals surface area contributed by atoms with Crippen molar-refractivity contribution in [3.63, 3.8) is 0 Å². The molecule has 0 saturated heterocycles. The van der Waals surface area contributed by atoms with E-state index in [0.717, 1.165) is 4.68 Å². The van der Waals surface area contributed by atoms with Crippen LogP contribution in [0.2, 0.25) is 0 Å². The molecule has 2 aromatic heterocycles. The highest BCUT2D eigenvalue weighted by atomic mass is 16.5. The smallest absolute Gasteiger partial charge is 0.344 e. The number of H-pyrrole nitrogens is 1. The maximum absolute atomic E-state index is 11.6. The van der Waals surface area contributed by atoms with Crippen molar-refractivity contribution in [2.24, 2.45) is 0 Å². The molecule has 0 radical (unpaired) electrons. The zero-order valence-corrected chi connectivity index (χ0v) is 9.88. The number of rotatable bonds is 5. The van der Waals surface area contributed by atoms with E-state index in [2.05, 4.69) is 10.1 Å². The third-order valence-corrected chi connectivity index (χ3v) is 2.30. The van der Waals surface area contributed by atoms with Gasteiger partial charge in [0.1, 0.15) is 0 Å². The predicted octanol–water partition coefficient (Wildman–Crippen LogP) is 0.228. The van der Waals surface area contributed by atoms with Crippen LogP contribution in [0.15, 0.2) is 32.4 Å². The Bertz CT molecular complexity index is 612. The maximum atomic E-state index is 11.6. The van der Waals surface area contributed by atoms with E-state index in [1.807, 2.05) is 6.92 Å². The van der Waals surface area contributed by atoms with Crippen LogP contribution in [0.25, 0.3) is 11.5 Å². The molecular weight excluding hydrogens is 238 g/mol. The van der Waals surface area contributed by atoms with E-state index in [0.29, 0.717) is 19.0 Å². The third-order valence-electron chi connectivity index (χ3n) is 2.30. The standard InChI is InChI=1S/C11H13N3O4/c1-2-17-7-5-14-11(16)12-10(15)9(13-14)8-4-3-6-18-8/h3-4,6H,2,5,7H2,1H3,(H,12,15,16). The third kappa shape index (κ3) is 2.57. The van der Waals surface area contributed by atoms with Crippen molar-refractivity contribution in [2.75, 3.05) is 13.2 Å². The molecule has 0 saturated carbocycles. The second-order valence-electron chi connectivity index (χ2n) is 3.51. The molecule has 0 aromatic carbocycles. The summed E-state index contributed by atoms with van der Waals surface area (Å²) in [4.78, 5) is 25.3. The molecule has 0 bridgehead atoms. The monoisotopic (exact) mass is 251 g/mol. The van der Waals surface area contributed by atoms with Crippen LogP contribution in [0.1, 0.15) is 6.92 Å². The fraction of sp³-hybridized carbons (Fsp3) is 0.364. The normalized spacial score (nSPS) is 10.7. The van der Waals surface area contributed by atoms with Crippen molar-refractivity contribution in [1.82, 2.24) is 14.8 Å². The Labute approximate surface area is 102 Å². The highest BCUT2D eigenvalue weighted by Crippen LogP contribution is 2.11. The maximum Gasteiger partial charge on any atom is 0.344 e. The van der Waals surface area contributed by atoms with E-state index in [1.165, 1.54) is 6.26 Å². The Hall–Kier alpha value is -2.15. The molecule has 0 aliphatic carbocycles. The number of ether oxygens (including phenoxy) is 1. The van der Waals surface area contributed by atoms with Crippen molar-refractivity contribution in [1.29, 1.82) is 0 Å². The first kappa shape index (κ1) is 12.3. The molecule has 96 valence electrons. The molecular formula is C11H13N3O4. The summed E-state index contributed by atoms with van der Waals surface area (Å²) in [6, 6.07) is 3.25. The van der Waals surface area contributed by atoms with Gasteiger partial charge in [0, 0.05) is 6.61 Å². The fourth-order valence-electron chi connectivity index (χ4n) is 1.45. The molecule has 0 amide bonds. The topological polar surface area (TPSA) is 90.1 Å². The SMILES string of the molecule is CCOCCn1nc(-c2ccco2)c(=O)[nH]c1=O. The summed E-state index contributed by atoms with van der Waals surface area (Å²) in [6.45, 7) is 3.05. The van der Waals surface area contributed by atoms with Gasteiger partial charge in [0.05, 0.1) is 19.4 Å². The number of furan rings is 1. The molecule has 2 heterocycles. The Morgan fingerprint density at radius 3 is 3.00 bits per heavy atom. The Morgan fingerprint density at radius 2 is 2.33 bits per heavy atom. The van der Waals surface area contributed by atoms with Crippen LogP contribution in [0.4, 0.5) is 0 Å². The first-order valence-corrected chi connectivity index (χ1v) is 5.55. The van der Waals surface area contributed by atoms with E-state index >= 15 is 0 Å². The number of hydrogen-bond acceptors (Lipinski definition) is 5. The Morgan fingerprint density at radius 1 is 1.50 bits per heavy atom. The molecule has 18 heavy (non-hydrogen) atoms. The Kier molecular flexibility index (Phi) is 3.73. The molecule has 2 aromatic rings. The van der Waals surface area contributed by atoms with Gasteiger partial charge in [0.15, 0.2) is 11.5 Å². The largest absolute Gasteiger partial charge is 0.462 e.